The molecule has 0 aliphatic carbocycles. The van der Waals surface area contributed by atoms with Gasteiger partial charge in [0.25, 0.3) is 0 Å². The summed E-state index contributed by atoms with van der Waals surface area (Å²) < 4.78 is 9.54. The summed E-state index contributed by atoms with van der Waals surface area (Å²) in [6.45, 7) is 8.50. The first-order valence-corrected chi connectivity index (χ1v) is 5.85. The molecular formula is C13H20O5. The van der Waals surface area contributed by atoms with E-state index < -0.39 is 11.9 Å². The summed E-state index contributed by atoms with van der Waals surface area (Å²) in [4.78, 5) is 33.4. The Morgan fingerprint density at radius 2 is 1.61 bits per heavy atom. The van der Waals surface area contributed by atoms with Gasteiger partial charge in [-0.3, -0.25) is 9.59 Å². The molecule has 0 aromatic heterocycles. The number of ether oxygens (including phenoxy) is 2. The second-order valence-electron chi connectivity index (χ2n) is 4.26. The lowest BCUT2D eigenvalue weighted by Crippen LogP contribution is -2.15. The molecule has 5 nitrogen and oxygen atoms in total. The van der Waals surface area contributed by atoms with Gasteiger partial charge in [-0.1, -0.05) is 20.4 Å². The van der Waals surface area contributed by atoms with Gasteiger partial charge >= 0.3 is 11.9 Å². The summed E-state index contributed by atoms with van der Waals surface area (Å²) >= 11 is 0. The molecule has 0 unspecified atom stereocenters. The first-order chi connectivity index (χ1) is 8.34. The Hall–Kier alpha value is -1.65. The van der Waals surface area contributed by atoms with Gasteiger partial charge < -0.3 is 9.47 Å². The molecule has 0 heterocycles. The van der Waals surface area contributed by atoms with Crippen LogP contribution in [0.4, 0.5) is 0 Å². The highest BCUT2D eigenvalue weighted by atomic mass is 16.6. The van der Waals surface area contributed by atoms with Crippen molar-refractivity contribution in [1.82, 2.24) is 0 Å². The Balaban J connectivity index is 3.63. The van der Waals surface area contributed by atoms with E-state index >= 15 is 0 Å². The van der Waals surface area contributed by atoms with Gasteiger partial charge in [-0.15, -0.1) is 0 Å². The molecular weight excluding hydrogens is 236 g/mol. The molecule has 0 radical (unpaired) electrons. The first kappa shape index (κ1) is 16.4. The minimum Gasteiger partial charge on any atom is -0.462 e. The summed E-state index contributed by atoms with van der Waals surface area (Å²) in [6.07, 6.45) is 0.244. The van der Waals surface area contributed by atoms with Gasteiger partial charge in [0.15, 0.2) is 0 Å². The molecule has 0 rings (SSSR count). The highest BCUT2D eigenvalue weighted by Crippen LogP contribution is 2.02. The maximum absolute atomic E-state index is 11.3. The van der Waals surface area contributed by atoms with Crippen LogP contribution in [-0.2, 0) is 23.9 Å². The van der Waals surface area contributed by atoms with E-state index in [1.807, 2.05) is 0 Å². The average Bonchev–Trinajstić information content (AvgIpc) is 2.30. The maximum Gasteiger partial charge on any atom is 0.333 e. The summed E-state index contributed by atoms with van der Waals surface area (Å²) in [7, 11) is 0. The molecule has 18 heavy (non-hydrogen) atoms. The first-order valence-electron chi connectivity index (χ1n) is 5.85. The summed E-state index contributed by atoms with van der Waals surface area (Å²) in [6, 6.07) is 0. The van der Waals surface area contributed by atoms with E-state index in [4.69, 9.17) is 9.47 Å². The lowest BCUT2D eigenvalue weighted by molar-refractivity contribution is -0.150. The van der Waals surface area contributed by atoms with Gasteiger partial charge in [0.1, 0.15) is 19.0 Å². The molecule has 0 aliphatic heterocycles. The quantitative estimate of drug-likeness (QED) is 0.375. The number of Topliss-reactive ketones (excluding diaryl/α,β-unsaturated/α-hetero) is 1. The van der Waals surface area contributed by atoms with E-state index in [1.54, 1.807) is 13.8 Å². The molecule has 0 aliphatic rings. The van der Waals surface area contributed by atoms with Gasteiger partial charge in [0.05, 0.1) is 6.42 Å². The second kappa shape index (κ2) is 8.44. The Morgan fingerprint density at radius 1 is 1.06 bits per heavy atom. The van der Waals surface area contributed by atoms with Crippen LogP contribution in [0.1, 0.15) is 33.6 Å². The minimum atomic E-state index is -0.513. The van der Waals surface area contributed by atoms with E-state index in [9.17, 15) is 14.4 Å². The van der Waals surface area contributed by atoms with Crippen molar-refractivity contribution in [3.63, 3.8) is 0 Å². The molecule has 0 amide bonds. The van der Waals surface area contributed by atoms with Crippen molar-refractivity contribution in [2.45, 2.75) is 33.6 Å². The highest BCUT2D eigenvalue weighted by Gasteiger charge is 2.11. The number of esters is 2. The van der Waals surface area contributed by atoms with E-state index in [0.29, 0.717) is 5.57 Å². The van der Waals surface area contributed by atoms with E-state index in [1.165, 1.54) is 6.92 Å². The lowest BCUT2D eigenvalue weighted by atomic mass is 10.1. The monoisotopic (exact) mass is 256 g/mol. The van der Waals surface area contributed by atoms with Crippen molar-refractivity contribution in [3.8, 4) is 0 Å². The van der Waals surface area contributed by atoms with Crippen LogP contribution in [0, 0.1) is 5.92 Å². The Bertz CT molecular complexity index is 330. The molecule has 0 saturated carbocycles. The van der Waals surface area contributed by atoms with Crippen LogP contribution in [0.5, 0.6) is 0 Å². The predicted molar refractivity (Wildman–Crippen MR) is 65.8 cm³/mol. The summed E-state index contributed by atoms with van der Waals surface area (Å²) in [5.41, 5.74) is 0.295. The fourth-order valence-corrected chi connectivity index (χ4v) is 0.999. The third-order valence-electron chi connectivity index (χ3n) is 2.15. The van der Waals surface area contributed by atoms with Crippen LogP contribution < -0.4 is 0 Å². The van der Waals surface area contributed by atoms with E-state index in [0.717, 1.165) is 0 Å². The Kier molecular flexibility index (Phi) is 7.67. The molecule has 0 atom stereocenters. The number of carbonyl (C=O) groups excluding carboxylic acids is 3. The summed E-state index contributed by atoms with van der Waals surface area (Å²) in [5.74, 6) is -1.02. The lowest BCUT2D eigenvalue weighted by Gasteiger charge is -2.06. The van der Waals surface area contributed by atoms with Crippen LogP contribution in [0.3, 0.4) is 0 Å². The van der Waals surface area contributed by atoms with Gasteiger partial charge in [-0.25, -0.2) is 4.79 Å². The van der Waals surface area contributed by atoms with Crippen molar-refractivity contribution in [1.29, 1.82) is 0 Å². The molecule has 0 fully saturated rings. The van der Waals surface area contributed by atoms with Crippen molar-refractivity contribution in [2.24, 2.45) is 5.92 Å². The number of carbonyl (C=O) groups is 3. The fraction of sp³-hybridized carbons (Fsp3) is 0.615. The third-order valence-corrected chi connectivity index (χ3v) is 2.15. The minimum absolute atomic E-state index is 0.00440. The van der Waals surface area contributed by atoms with Crippen LogP contribution in [-0.4, -0.2) is 30.9 Å². The fourth-order valence-electron chi connectivity index (χ4n) is 0.999. The normalized spacial score (nSPS) is 10.0. The van der Waals surface area contributed by atoms with Crippen LogP contribution in [0.15, 0.2) is 12.2 Å². The maximum atomic E-state index is 11.3. The van der Waals surface area contributed by atoms with E-state index in [-0.39, 0.29) is 37.8 Å². The average molecular weight is 256 g/mol. The molecule has 0 N–H and O–H groups in total. The van der Waals surface area contributed by atoms with Crippen molar-refractivity contribution < 1.29 is 23.9 Å². The van der Waals surface area contributed by atoms with Gasteiger partial charge in [0, 0.05) is 17.9 Å². The Labute approximate surface area is 107 Å². The predicted octanol–water partition coefficient (Wildman–Crippen LogP) is 1.65. The van der Waals surface area contributed by atoms with Gasteiger partial charge in [-0.05, 0) is 6.92 Å². The highest BCUT2D eigenvalue weighted by molar-refractivity contribution is 5.87. The molecule has 5 heteroatoms. The van der Waals surface area contributed by atoms with Crippen molar-refractivity contribution in [2.75, 3.05) is 13.2 Å². The molecule has 0 spiro atoms. The second-order valence-corrected chi connectivity index (χ2v) is 4.26. The zero-order valence-electron chi connectivity index (χ0n) is 11.2. The number of hydrogen-bond acceptors (Lipinski definition) is 5. The molecule has 102 valence electrons. The molecule has 0 bridgehead atoms. The molecule has 0 aromatic rings. The standard InChI is InChI=1S/C13H20O5/c1-9(2)11(14)5-6-12(15)17-7-8-18-13(16)10(3)4/h9H,3,5-8H2,1-2,4H3. The van der Waals surface area contributed by atoms with Crippen LogP contribution in [0.2, 0.25) is 0 Å². The van der Waals surface area contributed by atoms with Crippen LogP contribution in [0.25, 0.3) is 0 Å². The largest absolute Gasteiger partial charge is 0.462 e. The van der Waals surface area contributed by atoms with Gasteiger partial charge in [-0.2, -0.15) is 0 Å². The third kappa shape index (κ3) is 7.60. The Morgan fingerprint density at radius 3 is 2.11 bits per heavy atom. The topological polar surface area (TPSA) is 69.7 Å². The molecule has 0 saturated heterocycles. The number of rotatable bonds is 8. The zero-order valence-corrected chi connectivity index (χ0v) is 11.2. The van der Waals surface area contributed by atoms with Crippen molar-refractivity contribution in [3.05, 3.63) is 12.2 Å². The SMILES string of the molecule is C=C(C)C(=O)OCCOC(=O)CCC(=O)C(C)C. The van der Waals surface area contributed by atoms with E-state index in [2.05, 4.69) is 6.58 Å². The van der Waals surface area contributed by atoms with Gasteiger partial charge in [0.2, 0.25) is 0 Å². The molecule has 0 aromatic carbocycles. The van der Waals surface area contributed by atoms with Crippen molar-refractivity contribution >= 4 is 17.7 Å². The number of hydrogen-bond donors (Lipinski definition) is 0. The number of ketones is 1. The summed E-state index contributed by atoms with van der Waals surface area (Å²) in [5, 5.41) is 0. The zero-order chi connectivity index (χ0) is 14.1. The van der Waals surface area contributed by atoms with Crippen LogP contribution >= 0.6 is 0 Å². The smallest absolute Gasteiger partial charge is 0.333 e.